The highest BCUT2D eigenvalue weighted by atomic mass is 32.1. The quantitative estimate of drug-likeness (QED) is 0.428. The van der Waals surface area contributed by atoms with Crippen LogP contribution in [0.1, 0.15) is 36.6 Å². The fraction of sp³-hybridized carbons (Fsp3) is 0.120. The molecule has 2 amide bonds. The summed E-state index contributed by atoms with van der Waals surface area (Å²) in [5, 5.41) is 5.54. The van der Waals surface area contributed by atoms with Gasteiger partial charge in [0.15, 0.2) is 5.11 Å². The van der Waals surface area contributed by atoms with Gasteiger partial charge >= 0.3 is 5.97 Å². The van der Waals surface area contributed by atoms with Crippen LogP contribution < -0.4 is 10.6 Å². The number of amides is 2. The highest BCUT2D eigenvalue weighted by Gasteiger charge is 2.14. The summed E-state index contributed by atoms with van der Waals surface area (Å²) in [6, 6.07) is 22.7. The molecule has 0 heterocycles. The first kappa shape index (κ1) is 23.6. The lowest BCUT2D eigenvalue weighted by Gasteiger charge is -2.18. The summed E-state index contributed by atoms with van der Waals surface area (Å²) in [6.07, 6.45) is 0. The number of carbonyl (C=O) groups excluding carboxylic acids is 3. The third-order valence-electron chi connectivity index (χ3n) is 4.75. The van der Waals surface area contributed by atoms with E-state index in [1.54, 1.807) is 54.4 Å². The Kier molecular flexibility index (Phi) is 7.88. The number of benzene rings is 3. The molecule has 0 radical (unpaired) electrons. The van der Waals surface area contributed by atoms with E-state index < -0.39 is 11.9 Å². The largest absolute Gasteiger partial charge is 0.465 e. The summed E-state index contributed by atoms with van der Waals surface area (Å²) in [5.74, 6) is -1.16. The average Bonchev–Trinajstić information content (AvgIpc) is 2.83. The monoisotopic (exact) mass is 461 g/mol. The second kappa shape index (κ2) is 11.0. The summed E-state index contributed by atoms with van der Waals surface area (Å²) < 4.78 is 4.67. The summed E-state index contributed by atoms with van der Waals surface area (Å²) in [5.41, 5.74) is 2.59. The van der Waals surface area contributed by atoms with E-state index in [1.165, 1.54) is 13.2 Å². The van der Waals surface area contributed by atoms with Crippen LogP contribution in [0, 0.1) is 0 Å². The highest BCUT2D eigenvalue weighted by molar-refractivity contribution is 7.80. The number of ether oxygens (including phenoxy) is 1. The molecule has 0 aromatic heterocycles. The lowest BCUT2D eigenvalue weighted by atomic mass is 10.1. The van der Waals surface area contributed by atoms with Gasteiger partial charge in [-0.05, 0) is 54.2 Å². The van der Waals surface area contributed by atoms with Crippen LogP contribution in [0.2, 0.25) is 0 Å². The molecule has 0 fully saturated rings. The maximum absolute atomic E-state index is 12.8. The second-order valence-corrected chi connectivity index (χ2v) is 7.62. The molecule has 0 aliphatic rings. The van der Waals surface area contributed by atoms with Crippen molar-refractivity contribution in [3.8, 4) is 0 Å². The van der Waals surface area contributed by atoms with Gasteiger partial charge in [-0.15, -0.1) is 0 Å². The number of hydrogen-bond acceptors (Lipinski definition) is 5. The van der Waals surface area contributed by atoms with Crippen LogP contribution in [0.4, 0.5) is 5.69 Å². The maximum Gasteiger partial charge on any atom is 0.337 e. The Balaban J connectivity index is 1.62. The molecule has 168 valence electrons. The van der Waals surface area contributed by atoms with Crippen molar-refractivity contribution in [3.63, 3.8) is 0 Å². The van der Waals surface area contributed by atoms with E-state index in [0.717, 1.165) is 5.56 Å². The van der Waals surface area contributed by atoms with E-state index in [0.29, 0.717) is 17.8 Å². The van der Waals surface area contributed by atoms with Gasteiger partial charge in [0, 0.05) is 30.4 Å². The van der Waals surface area contributed by atoms with Gasteiger partial charge in [-0.1, -0.05) is 42.5 Å². The normalized spacial score (nSPS) is 10.1. The van der Waals surface area contributed by atoms with Crippen molar-refractivity contribution >= 4 is 40.8 Å². The summed E-state index contributed by atoms with van der Waals surface area (Å²) >= 11 is 5.24. The van der Waals surface area contributed by atoms with E-state index in [2.05, 4.69) is 15.4 Å². The van der Waals surface area contributed by atoms with Crippen molar-refractivity contribution in [1.82, 2.24) is 10.2 Å². The number of methoxy groups -OCH3 is 1. The maximum atomic E-state index is 12.8. The molecule has 3 aromatic carbocycles. The van der Waals surface area contributed by atoms with Gasteiger partial charge in [0.1, 0.15) is 0 Å². The Morgan fingerprint density at radius 3 is 2.27 bits per heavy atom. The molecular weight excluding hydrogens is 438 g/mol. The topological polar surface area (TPSA) is 87.7 Å². The van der Waals surface area contributed by atoms with Crippen molar-refractivity contribution in [2.24, 2.45) is 0 Å². The molecule has 0 saturated heterocycles. The van der Waals surface area contributed by atoms with Gasteiger partial charge in [-0.25, -0.2) is 4.79 Å². The van der Waals surface area contributed by atoms with E-state index in [-0.39, 0.29) is 22.1 Å². The van der Waals surface area contributed by atoms with Gasteiger partial charge in [0.05, 0.1) is 12.7 Å². The van der Waals surface area contributed by atoms with Crippen LogP contribution >= 0.6 is 12.2 Å². The number of nitrogens with one attached hydrogen (secondary N) is 2. The zero-order valence-corrected chi connectivity index (χ0v) is 19.0. The lowest BCUT2D eigenvalue weighted by Crippen LogP contribution is -2.34. The van der Waals surface area contributed by atoms with Crippen molar-refractivity contribution in [1.29, 1.82) is 0 Å². The SMILES string of the molecule is COC(=O)c1cccc(C(=O)NC(=S)Nc2cccc(C(=O)N(C)Cc3ccccc3)c2)c1. The molecular formula is C25H23N3O4S. The smallest absolute Gasteiger partial charge is 0.337 e. The van der Waals surface area contributed by atoms with Gasteiger partial charge in [-0.3, -0.25) is 14.9 Å². The predicted molar refractivity (Wildman–Crippen MR) is 130 cm³/mol. The molecule has 0 unspecified atom stereocenters. The number of carbonyl (C=O) groups is 3. The molecule has 0 atom stereocenters. The van der Waals surface area contributed by atoms with Crippen LogP contribution in [0.5, 0.6) is 0 Å². The van der Waals surface area contributed by atoms with Crippen molar-refractivity contribution in [2.75, 3.05) is 19.5 Å². The Hall–Kier alpha value is -4.04. The van der Waals surface area contributed by atoms with Gasteiger partial charge < -0.3 is 15.0 Å². The van der Waals surface area contributed by atoms with E-state index in [4.69, 9.17) is 12.2 Å². The number of esters is 1. The summed E-state index contributed by atoms with van der Waals surface area (Å²) in [7, 11) is 3.01. The Bertz CT molecular complexity index is 1180. The van der Waals surface area contributed by atoms with Gasteiger partial charge in [0.2, 0.25) is 0 Å². The number of thiocarbonyl (C=S) groups is 1. The molecule has 0 aliphatic carbocycles. The number of rotatable bonds is 6. The standard InChI is InChI=1S/C25H23N3O4S/c1-28(16-17-8-4-3-5-9-17)23(30)19-11-7-13-21(15-19)26-25(33)27-22(29)18-10-6-12-20(14-18)24(31)32-2/h3-15H,16H2,1-2H3,(H2,26,27,29,33). The van der Waals surface area contributed by atoms with Gasteiger partial charge in [-0.2, -0.15) is 0 Å². The van der Waals surface area contributed by atoms with E-state index in [1.807, 2.05) is 30.3 Å². The molecule has 7 nitrogen and oxygen atoms in total. The molecule has 33 heavy (non-hydrogen) atoms. The minimum atomic E-state index is -0.538. The fourth-order valence-corrected chi connectivity index (χ4v) is 3.33. The van der Waals surface area contributed by atoms with Crippen LogP contribution in [-0.2, 0) is 11.3 Å². The Labute approximate surface area is 197 Å². The third-order valence-corrected chi connectivity index (χ3v) is 4.95. The van der Waals surface area contributed by atoms with E-state index >= 15 is 0 Å². The minimum absolute atomic E-state index is 0.0608. The zero-order valence-electron chi connectivity index (χ0n) is 18.2. The fourth-order valence-electron chi connectivity index (χ4n) is 3.12. The highest BCUT2D eigenvalue weighted by Crippen LogP contribution is 2.14. The first-order valence-electron chi connectivity index (χ1n) is 10.1. The van der Waals surface area contributed by atoms with Crippen LogP contribution in [0.15, 0.2) is 78.9 Å². The molecule has 0 aliphatic heterocycles. The number of nitrogens with zero attached hydrogens (tertiary/aromatic N) is 1. The molecule has 3 aromatic rings. The first-order valence-corrected chi connectivity index (χ1v) is 10.5. The van der Waals surface area contributed by atoms with Crippen molar-refractivity contribution < 1.29 is 19.1 Å². The molecule has 2 N–H and O–H groups in total. The molecule has 8 heteroatoms. The Morgan fingerprint density at radius 1 is 0.879 bits per heavy atom. The van der Waals surface area contributed by atoms with Crippen LogP contribution in [0.3, 0.4) is 0 Å². The Morgan fingerprint density at radius 2 is 1.55 bits per heavy atom. The van der Waals surface area contributed by atoms with Crippen LogP contribution in [0.25, 0.3) is 0 Å². The molecule has 3 rings (SSSR count). The lowest BCUT2D eigenvalue weighted by molar-refractivity contribution is 0.0600. The van der Waals surface area contributed by atoms with E-state index in [9.17, 15) is 14.4 Å². The van der Waals surface area contributed by atoms with Crippen molar-refractivity contribution in [2.45, 2.75) is 6.54 Å². The second-order valence-electron chi connectivity index (χ2n) is 7.21. The van der Waals surface area contributed by atoms with Gasteiger partial charge in [0.25, 0.3) is 11.8 Å². The average molecular weight is 462 g/mol. The molecule has 0 bridgehead atoms. The minimum Gasteiger partial charge on any atom is -0.465 e. The number of anilines is 1. The predicted octanol–water partition coefficient (Wildman–Crippen LogP) is 3.87. The number of hydrogen-bond donors (Lipinski definition) is 2. The van der Waals surface area contributed by atoms with Crippen LogP contribution in [-0.4, -0.2) is 42.0 Å². The summed E-state index contributed by atoms with van der Waals surface area (Å²) in [6.45, 7) is 0.483. The summed E-state index contributed by atoms with van der Waals surface area (Å²) in [4.78, 5) is 38.6. The first-order chi connectivity index (χ1) is 15.9. The zero-order chi connectivity index (χ0) is 23.8. The molecule has 0 saturated carbocycles. The third kappa shape index (κ3) is 6.47. The van der Waals surface area contributed by atoms with Crippen molar-refractivity contribution in [3.05, 3.63) is 101 Å². The molecule has 0 spiro atoms.